The largest absolute Gasteiger partial charge is 0.381 e. The Labute approximate surface area is 105 Å². The second-order valence-electron chi connectivity index (χ2n) is 5.41. The van der Waals surface area contributed by atoms with Crippen LogP contribution in [0.4, 0.5) is 0 Å². The summed E-state index contributed by atoms with van der Waals surface area (Å²) in [5.74, 6) is 0.858. The maximum Gasteiger partial charge on any atom is 0.0469 e. The van der Waals surface area contributed by atoms with Gasteiger partial charge in [-0.15, -0.1) is 0 Å². The zero-order chi connectivity index (χ0) is 11.9. The first kappa shape index (κ1) is 13.3. The zero-order valence-electron chi connectivity index (χ0n) is 11.2. The molecule has 2 fully saturated rings. The zero-order valence-corrected chi connectivity index (χ0v) is 11.2. The van der Waals surface area contributed by atoms with E-state index in [0.717, 1.165) is 32.2 Å². The highest BCUT2D eigenvalue weighted by Gasteiger charge is 2.16. The van der Waals surface area contributed by atoms with E-state index >= 15 is 0 Å². The minimum Gasteiger partial charge on any atom is -0.381 e. The highest BCUT2D eigenvalue weighted by Crippen LogP contribution is 2.15. The molecule has 0 atom stereocenters. The Hall–Kier alpha value is -0.160. The lowest BCUT2D eigenvalue weighted by atomic mass is 10.00. The molecule has 0 spiro atoms. The SMILES string of the molecule is CN(CCN1CCNCC1)CC1CCOCC1. The molecule has 2 aliphatic rings. The second kappa shape index (κ2) is 7.31. The van der Waals surface area contributed by atoms with Crippen LogP contribution in [0.3, 0.4) is 0 Å². The van der Waals surface area contributed by atoms with Crippen molar-refractivity contribution in [3.05, 3.63) is 0 Å². The molecule has 2 heterocycles. The highest BCUT2D eigenvalue weighted by atomic mass is 16.5. The van der Waals surface area contributed by atoms with E-state index in [1.54, 1.807) is 0 Å². The summed E-state index contributed by atoms with van der Waals surface area (Å²) < 4.78 is 5.40. The van der Waals surface area contributed by atoms with Crippen molar-refractivity contribution in [2.75, 3.05) is 66.1 Å². The normalized spacial score (nSPS) is 24.4. The van der Waals surface area contributed by atoms with Crippen LogP contribution in [0.2, 0.25) is 0 Å². The molecule has 0 aromatic heterocycles. The Balaban J connectivity index is 1.57. The van der Waals surface area contributed by atoms with E-state index in [0.29, 0.717) is 0 Å². The number of nitrogens with zero attached hydrogens (tertiary/aromatic N) is 2. The fraction of sp³-hybridized carbons (Fsp3) is 1.00. The fourth-order valence-electron chi connectivity index (χ4n) is 2.71. The third-order valence-corrected chi connectivity index (χ3v) is 3.92. The first-order valence-corrected chi connectivity index (χ1v) is 7.04. The number of rotatable bonds is 5. The van der Waals surface area contributed by atoms with Gasteiger partial charge in [-0.05, 0) is 25.8 Å². The predicted octanol–water partition coefficient (Wildman–Crippen LogP) is 0.250. The van der Waals surface area contributed by atoms with Crippen LogP contribution in [-0.2, 0) is 4.74 Å². The molecule has 0 unspecified atom stereocenters. The van der Waals surface area contributed by atoms with Crippen LogP contribution < -0.4 is 5.32 Å². The minimum atomic E-state index is 0.858. The van der Waals surface area contributed by atoms with Crippen LogP contribution >= 0.6 is 0 Å². The Morgan fingerprint density at radius 1 is 1.24 bits per heavy atom. The molecule has 4 nitrogen and oxygen atoms in total. The van der Waals surface area contributed by atoms with Crippen molar-refractivity contribution in [2.45, 2.75) is 12.8 Å². The van der Waals surface area contributed by atoms with Gasteiger partial charge in [0, 0.05) is 59.0 Å². The van der Waals surface area contributed by atoms with Crippen LogP contribution in [0.1, 0.15) is 12.8 Å². The standard InChI is InChI=1S/C13H27N3O/c1-15(12-13-2-10-17-11-3-13)8-9-16-6-4-14-5-7-16/h13-14H,2-12H2,1H3. The van der Waals surface area contributed by atoms with Gasteiger partial charge in [0.2, 0.25) is 0 Å². The van der Waals surface area contributed by atoms with Crippen molar-refractivity contribution in [1.82, 2.24) is 15.1 Å². The molecule has 2 aliphatic heterocycles. The molecule has 2 saturated heterocycles. The summed E-state index contributed by atoms with van der Waals surface area (Å²) in [6, 6.07) is 0. The van der Waals surface area contributed by atoms with Crippen molar-refractivity contribution in [2.24, 2.45) is 5.92 Å². The van der Waals surface area contributed by atoms with Crippen molar-refractivity contribution >= 4 is 0 Å². The van der Waals surface area contributed by atoms with E-state index in [1.165, 1.54) is 45.6 Å². The molecule has 0 saturated carbocycles. The Kier molecular flexibility index (Phi) is 5.71. The van der Waals surface area contributed by atoms with Gasteiger partial charge in [0.05, 0.1) is 0 Å². The van der Waals surface area contributed by atoms with E-state index < -0.39 is 0 Å². The summed E-state index contributed by atoms with van der Waals surface area (Å²) in [7, 11) is 2.26. The lowest BCUT2D eigenvalue weighted by Gasteiger charge is -2.31. The molecule has 0 aromatic carbocycles. The average Bonchev–Trinajstić information content (AvgIpc) is 2.39. The molecule has 100 valence electrons. The summed E-state index contributed by atoms with van der Waals surface area (Å²) in [5.41, 5.74) is 0. The van der Waals surface area contributed by atoms with Crippen LogP contribution in [0.15, 0.2) is 0 Å². The number of nitrogens with one attached hydrogen (secondary N) is 1. The molecular weight excluding hydrogens is 214 g/mol. The van der Waals surface area contributed by atoms with E-state index in [4.69, 9.17) is 4.74 Å². The quantitative estimate of drug-likeness (QED) is 0.747. The first-order valence-electron chi connectivity index (χ1n) is 7.04. The predicted molar refractivity (Wildman–Crippen MR) is 70.3 cm³/mol. The van der Waals surface area contributed by atoms with Gasteiger partial charge in [0.15, 0.2) is 0 Å². The lowest BCUT2D eigenvalue weighted by molar-refractivity contribution is 0.0544. The topological polar surface area (TPSA) is 27.7 Å². The van der Waals surface area contributed by atoms with Gasteiger partial charge in [-0.1, -0.05) is 0 Å². The molecule has 0 amide bonds. The van der Waals surface area contributed by atoms with Crippen molar-refractivity contribution in [3.8, 4) is 0 Å². The molecule has 0 aromatic rings. The Morgan fingerprint density at radius 2 is 1.94 bits per heavy atom. The van der Waals surface area contributed by atoms with Crippen molar-refractivity contribution in [1.29, 1.82) is 0 Å². The van der Waals surface area contributed by atoms with Crippen LogP contribution in [0.25, 0.3) is 0 Å². The van der Waals surface area contributed by atoms with E-state index in [2.05, 4.69) is 22.2 Å². The molecule has 1 N–H and O–H groups in total. The van der Waals surface area contributed by atoms with Crippen molar-refractivity contribution in [3.63, 3.8) is 0 Å². The lowest BCUT2D eigenvalue weighted by Crippen LogP contribution is -2.46. The van der Waals surface area contributed by atoms with Gasteiger partial charge in [-0.3, -0.25) is 4.90 Å². The molecule has 17 heavy (non-hydrogen) atoms. The van der Waals surface area contributed by atoms with Crippen LogP contribution in [0, 0.1) is 5.92 Å². The van der Waals surface area contributed by atoms with Crippen molar-refractivity contribution < 1.29 is 4.74 Å². The minimum absolute atomic E-state index is 0.858. The van der Waals surface area contributed by atoms with E-state index in [9.17, 15) is 0 Å². The molecule has 0 bridgehead atoms. The Bertz CT molecular complexity index is 201. The summed E-state index contributed by atoms with van der Waals surface area (Å²) in [4.78, 5) is 5.06. The van der Waals surface area contributed by atoms with Gasteiger partial charge >= 0.3 is 0 Å². The third kappa shape index (κ3) is 4.92. The smallest absolute Gasteiger partial charge is 0.0469 e. The summed E-state index contributed by atoms with van der Waals surface area (Å²) in [6.45, 7) is 10.4. The second-order valence-corrected chi connectivity index (χ2v) is 5.41. The number of hydrogen-bond acceptors (Lipinski definition) is 4. The first-order chi connectivity index (χ1) is 8.34. The average molecular weight is 241 g/mol. The van der Waals surface area contributed by atoms with Crippen LogP contribution in [-0.4, -0.2) is 75.9 Å². The number of likely N-dealkylation sites (N-methyl/N-ethyl adjacent to an activating group) is 1. The van der Waals surface area contributed by atoms with E-state index in [-0.39, 0.29) is 0 Å². The molecule has 4 heteroatoms. The number of ether oxygens (including phenoxy) is 1. The Morgan fingerprint density at radius 3 is 2.65 bits per heavy atom. The molecule has 0 aliphatic carbocycles. The maximum atomic E-state index is 5.40. The fourth-order valence-corrected chi connectivity index (χ4v) is 2.71. The summed E-state index contributed by atoms with van der Waals surface area (Å²) in [6.07, 6.45) is 2.50. The number of hydrogen-bond donors (Lipinski definition) is 1. The molecule has 2 rings (SSSR count). The summed E-state index contributed by atoms with van der Waals surface area (Å²) >= 11 is 0. The number of piperazine rings is 1. The summed E-state index contributed by atoms with van der Waals surface area (Å²) in [5, 5.41) is 3.40. The monoisotopic (exact) mass is 241 g/mol. The van der Waals surface area contributed by atoms with Gasteiger partial charge < -0.3 is 15.0 Å². The maximum absolute atomic E-state index is 5.40. The molecular formula is C13H27N3O. The van der Waals surface area contributed by atoms with Gasteiger partial charge in [-0.25, -0.2) is 0 Å². The van der Waals surface area contributed by atoms with Gasteiger partial charge in [0.1, 0.15) is 0 Å². The third-order valence-electron chi connectivity index (χ3n) is 3.92. The molecule has 0 radical (unpaired) electrons. The van der Waals surface area contributed by atoms with Gasteiger partial charge in [0.25, 0.3) is 0 Å². The van der Waals surface area contributed by atoms with Crippen LogP contribution in [0.5, 0.6) is 0 Å². The van der Waals surface area contributed by atoms with Gasteiger partial charge in [-0.2, -0.15) is 0 Å². The highest BCUT2D eigenvalue weighted by molar-refractivity contribution is 4.71. The van der Waals surface area contributed by atoms with E-state index in [1.807, 2.05) is 0 Å².